The van der Waals surface area contributed by atoms with Crippen molar-refractivity contribution in [2.45, 2.75) is 70.9 Å². The van der Waals surface area contributed by atoms with E-state index in [-0.39, 0.29) is 17.7 Å². The van der Waals surface area contributed by atoms with Gasteiger partial charge in [0.05, 0.1) is 5.92 Å². The van der Waals surface area contributed by atoms with Crippen LogP contribution in [-0.4, -0.2) is 62.1 Å². The molecule has 1 aromatic heterocycles. The average Bonchev–Trinajstić information content (AvgIpc) is 3.32. The SMILES string of the molecule is CC(C)c1nnc2n1CCN(C(=O)[C@H]1CC(=O)N(C3CCCC3)C1)CC2. The minimum atomic E-state index is -0.170. The molecule has 26 heavy (non-hydrogen) atoms. The van der Waals surface area contributed by atoms with E-state index in [9.17, 15) is 9.59 Å². The maximum absolute atomic E-state index is 13.1. The molecule has 0 spiro atoms. The number of rotatable bonds is 3. The summed E-state index contributed by atoms with van der Waals surface area (Å²) in [5.74, 6) is 2.44. The molecule has 1 saturated heterocycles. The molecule has 7 nitrogen and oxygen atoms in total. The highest BCUT2D eigenvalue weighted by atomic mass is 16.2. The van der Waals surface area contributed by atoms with Crippen LogP contribution in [-0.2, 0) is 22.6 Å². The molecular weight excluding hydrogens is 330 g/mol. The van der Waals surface area contributed by atoms with Gasteiger partial charge in [-0.05, 0) is 12.8 Å². The van der Waals surface area contributed by atoms with Crippen LogP contribution in [0.5, 0.6) is 0 Å². The van der Waals surface area contributed by atoms with Crippen LogP contribution in [0.2, 0.25) is 0 Å². The lowest BCUT2D eigenvalue weighted by Crippen LogP contribution is -2.40. The summed E-state index contributed by atoms with van der Waals surface area (Å²) in [6, 6.07) is 0.370. The highest BCUT2D eigenvalue weighted by Gasteiger charge is 2.40. The van der Waals surface area contributed by atoms with Gasteiger partial charge in [0.15, 0.2) is 0 Å². The summed E-state index contributed by atoms with van der Waals surface area (Å²) in [5.41, 5.74) is 0. The molecule has 142 valence electrons. The van der Waals surface area contributed by atoms with E-state index >= 15 is 0 Å². The number of hydrogen-bond donors (Lipinski definition) is 0. The van der Waals surface area contributed by atoms with Crippen LogP contribution < -0.4 is 0 Å². The topological polar surface area (TPSA) is 71.3 Å². The van der Waals surface area contributed by atoms with Crippen LogP contribution in [0.1, 0.15) is 63.5 Å². The molecule has 0 radical (unpaired) electrons. The first-order chi connectivity index (χ1) is 12.5. The third kappa shape index (κ3) is 3.12. The summed E-state index contributed by atoms with van der Waals surface area (Å²) >= 11 is 0. The Hall–Kier alpha value is -1.92. The fourth-order valence-corrected chi connectivity index (χ4v) is 4.72. The van der Waals surface area contributed by atoms with Gasteiger partial charge in [-0.25, -0.2) is 0 Å². The molecule has 3 heterocycles. The summed E-state index contributed by atoms with van der Waals surface area (Å²) in [6.07, 6.45) is 5.73. The number of amides is 2. The zero-order valence-electron chi connectivity index (χ0n) is 15.9. The molecule has 4 rings (SSSR count). The summed E-state index contributed by atoms with van der Waals surface area (Å²) in [4.78, 5) is 29.4. The van der Waals surface area contributed by atoms with E-state index in [4.69, 9.17) is 0 Å². The van der Waals surface area contributed by atoms with Crippen molar-refractivity contribution in [1.82, 2.24) is 24.6 Å². The molecule has 3 aliphatic rings. The predicted molar refractivity (Wildman–Crippen MR) is 96.5 cm³/mol. The van der Waals surface area contributed by atoms with Crippen molar-refractivity contribution in [3.63, 3.8) is 0 Å². The molecule has 2 amide bonds. The van der Waals surface area contributed by atoms with Gasteiger partial charge in [-0.3, -0.25) is 9.59 Å². The van der Waals surface area contributed by atoms with Gasteiger partial charge in [0.2, 0.25) is 11.8 Å². The molecular formula is C19H29N5O2. The van der Waals surface area contributed by atoms with Crippen LogP contribution in [0, 0.1) is 5.92 Å². The second kappa shape index (κ2) is 7.00. The van der Waals surface area contributed by atoms with Gasteiger partial charge in [-0.15, -0.1) is 10.2 Å². The molecule has 1 atom stereocenters. The van der Waals surface area contributed by atoms with Gasteiger partial charge in [0.25, 0.3) is 0 Å². The van der Waals surface area contributed by atoms with Crippen molar-refractivity contribution in [2.75, 3.05) is 19.6 Å². The minimum absolute atomic E-state index is 0.142. The quantitative estimate of drug-likeness (QED) is 0.821. The number of hydrogen-bond acceptors (Lipinski definition) is 4. The smallest absolute Gasteiger partial charge is 0.228 e. The average molecular weight is 359 g/mol. The Labute approximate surface area is 154 Å². The van der Waals surface area contributed by atoms with E-state index in [1.54, 1.807) is 0 Å². The number of likely N-dealkylation sites (tertiary alicyclic amines) is 1. The molecule has 0 bridgehead atoms. The molecule has 0 unspecified atom stereocenters. The Morgan fingerprint density at radius 3 is 2.62 bits per heavy atom. The van der Waals surface area contributed by atoms with Gasteiger partial charge in [0, 0.05) is 51.0 Å². The van der Waals surface area contributed by atoms with Gasteiger partial charge >= 0.3 is 0 Å². The van der Waals surface area contributed by atoms with Crippen molar-refractivity contribution < 1.29 is 9.59 Å². The predicted octanol–water partition coefficient (Wildman–Crippen LogP) is 1.58. The van der Waals surface area contributed by atoms with Crippen molar-refractivity contribution in [1.29, 1.82) is 0 Å². The summed E-state index contributed by atoms with van der Waals surface area (Å²) in [7, 11) is 0. The highest BCUT2D eigenvalue weighted by Crippen LogP contribution is 2.30. The Morgan fingerprint density at radius 1 is 1.12 bits per heavy atom. The zero-order valence-corrected chi connectivity index (χ0v) is 15.9. The molecule has 0 aromatic carbocycles. The Kier molecular flexibility index (Phi) is 4.71. The molecule has 1 saturated carbocycles. The van der Waals surface area contributed by atoms with Gasteiger partial charge < -0.3 is 14.4 Å². The van der Waals surface area contributed by atoms with Crippen LogP contribution in [0.15, 0.2) is 0 Å². The molecule has 2 fully saturated rings. The Morgan fingerprint density at radius 2 is 1.88 bits per heavy atom. The molecule has 0 N–H and O–H groups in total. The fourth-order valence-electron chi connectivity index (χ4n) is 4.72. The van der Waals surface area contributed by atoms with Gasteiger partial charge in [-0.1, -0.05) is 26.7 Å². The number of nitrogens with zero attached hydrogens (tertiary/aromatic N) is 5. The summed E-state index contributed by atoms with van der Waals surface area (Å²) < 4.78 is 2.17. The number of aromatic nitrogens is 3. The maximum atomic E-state index is 13.1. The molecule has 7 heteroatoms. The first-order valence-electron chi connectivity index (χ1n) is 10.0. The van der Waals surface area contributed by atoms with Crippen molar-refractivity contribution >= 4 is 11.8 Å². The van der Waals surface area contributed by atoms with Gasteiger partial charge in [0.1, 0.15) is 11.6 Å². The Balaban J connectivity index is 1.41. The second-order valence-electron chi connectivity index (χ2n) is 8.24. The lowest BCUT2D eigenvalue weighted by Gasteiger charge is -2.26. The fraction of sp³-hybridized carbons (Fsp3) is 0.789. The van der Waals surface area contributed by atoms with E-state index < -0.39 is 0 Å². The standard InChI is InChI=1S/C19H29N5O2/c1-13(2)18-21-20-16-7-8-22(9-10-23(16)18)19(26)14-11-17(25)24(12-14)15-5-3-4-6-15/h13-15H,3-12H2,1-2H3/t14-/m0/s1. The van der Waals surface area contributed by atoms with Crippen LogP contribution in [0.3, 0.4) is 0 Å². The van der Waals surface area contributed by atoms with Crippen LogP contribution >= 0.6 is 0 Å². The molecule has 1 aromatic rings. The normalized spacial score (nSPS) is 24.4. The van der Waals surface area contributed by atoms with Crippen molar-refractivity contribution in [3.8, 4) is 0 Å². The Bertz CT molecular complexity index is 692. The first kappa shape index (κ1) is 17.5. The maximum Gasteiger partial charge on any atom is 0.228 e. The van der Waals surface area contributed by atoms with Crippen molar-refractivity contribution in [3.05, 3.63) is 11.6 Å². The summed E-state index contributed by atoms with van der Waals surface area (Å²) in [6.45, 7) is 6.94. The number of carbonyl (C=O) groups excluding carboxylic acids is 2. The number of carbonyl (C=O) groups is 2. The molecule has 2 aliphatic heterocycles. The van der Waals surface area contributed by atoms with E-state index in [0.717, 1.165) is 37.5 Å². The third-order valence-corrected chi connectivity index (χ3v) is 6.16. The van der Waals surface area contributed by atoms with Crippen molar-refractivity contribution in [2.24, 2.45) is 5.92 Å². The first-order valence-corrected chi connectivity index (χ1v) is 10.0. The zero-order chi connectivity index (χ0) is 18.3. The van der Waals surface area contributed by atoms with E-state index in [2.05, 4.69) is 28.6 Å². The third-order valence-electron chi connectivity index (χ3n) is 6.16. The van der Waals surface area contributed by atoms with Crippen LogP contribution in [0.25, 0.3) is 0 Å². The number of fused-ring (bicyclic) bond motifs is 1. The van der Waals surface area contributed by atoms with Gasteiger partial charge in [-0.2, -0.15) is 0 Å². The van der Waals surface area contributed by atoms with E-state index in [0.29, 0.717) is 38.0 Å². The largest absolute Gasteiger partial charge is 0.340 e. The van der Waals surface area contributed by atoms with E-state index in [1.165, 1.54) is 12.8 Å². The lowest BCUT2D eigenvalue weighted by molar-refractivity contribution is -0.135. The summed E-state index contributed by atoms with van der Waals surface area (Å²) in [5, 5.41) is 8.63. The lowest BCUT2D eigenvalue weighted by atomic mass is 10.1. The molecule has 1 aliphatic carbocycles. The van der Waals surface area contributed by atoms with E-state index in [1.807, 2.05) is 9.80 Å². The highest BCUT2D eigenvalue weighted by molar-refractivity contribution is 5.89. The minimum Gasteiger partial charge on any atom is -0.340 e. The monoisotopic (exact) mass is 359 g/mol. The second-order valence-corrected chi connectivity index (χ2v) is 8.24. The van der Waals surface area contributed by atoms with Crippen LogP contribution in [0.4, 0.5) is 0 Å².